The molecule has 0 radical (unpaired) electrons. The third-order valence-corrected chi connectivity index (χ3v) is 4.85. The summed E-state index contributed by atoms with van der Waals surface area (Å²) in [7, 11) is 0. The molecule has 23 heavy (non-hydrogen) atoms. The van der Waals surface area contributed by atoms with Gasteiger partial charge in [0.15, 0.2) is 5.17 Å². The second kappa shape index (κ2) is 7.47. The highest BCUT2D eigenvalue weighted by Crippen LogP contribution is 2.27. The molecule has 0 saturated carbocycles. The first-order valence-corrected chi connectivity index (χ1v) is 8.80. The minimum atomic E-state index is 0.0287. The Kier molecular flexibility index (Phi) is 5.13. The number of rotatable bonds is 4. The topological polar surface area (TPSA) is 32.7 Å². The minimum Gasteiger partial charge on any atom is -0.291 e. The molecule has 0 bridgehead atoms. The molecule has 0 N–H and O–H groups in total. The second-order valence-corrected chi connectivity index (χ2v) is 6.61. The number of thioether (sulfide) groups is 1. The molecule has 0 aromatic heterocycles. The monoisotopic (exact) mass is 324 g/mol. The lowest BCUT2D eigenvalue weighted by Crippen LogP contribution is -2.29. The number of hydrogen-bond acceptors (Lipinski definition) is 3. The minimum absolute atomic E-state index is 0.0287. The summed E-state index contributed by atoms with van der Waals surface area (Å²) in [6.07, 6.45) is 0.834. The first-order valence-electron chi connectivity index (χ1n) is 7.81. The van der Waals surface area contributed by atoms with Gasteiger partial charge >= 0.3 is 0 Å². The van der Waals surface area contributed by atoms with Crippen LogP contribution in [0.4, 0.5) is 0 Å². The Hall–Kier alpha value is -2.07. The summed E-state index contributed by atoms with van der Waals surface area (Å²) in [4.78, 5) is 18.5. The van der Waals surface area contributed by atoms with E-state index in [9.17, 15) is 4.79 Å². The van der Waals surface area contributed by atoms with Gasteiger partial charge in [-0.2, -0.15) is 0 Å². The molecule has 1 heterocycles. The van der Waals surface area contributed by atoms with Gasteiger partial charge in [-0.15, -0.1) is 0 Å². The van der Waals surface area contributed by atoms with E-state index in [0.717, 1.165) is 23.9 Å². The Balaban J connectivity index is 1.91. The molecule has 1 atom stereocenters. The fourth-order valence-electron chi connectivity index (χ4n) is 2.68. The van der Waals surface area contributed by atoms with Crippen LogP contribution in [0.2, 0.25) is 0 Å². The first kappa shape index (κ1) is 15.8. The summed E-state index contributed by atoms with van der Waals surface area (Å²) in [6.45, 7) is 2.36. The zero-order chi connectivity index (χ0) is 16.1. The van der Waals surface area contributed by atoms with Crippen molar-refractivity contribution in [3.05, 3.63) is 71.8 Å². The zero-order valence-electron chi connectivity index (χ0n) is 13.2. The Bertz CT molecular complexity index is 685. The van der Waals surface area contributed by atoms with Crippen molar-refractivity contribution in [1.29, 1.82) is 0 Å². The zero-order valence-corrected chi connectivity index (χ0v) is 14.0. The van der Waals surface area contributed by atoms with Crippen molar-refractivity contribution in [3.8, 4) is 0 Å². The molecule has 2 aromatic rings. The SMILES string of the molecule is CC(=O)N1CCSC1=NC(Cc1ccccc1)c1ccccc1. The normalized spacial score (nSPS) is 17.4. The van der Waals surface area contributed by atoms with Gasteiger partial charge in [0.1, 0.15) is 0 Å². The number of amidine groups is 1. The molecule has 1 amide bonds. The maximum Gasteiger partial charge on any atom is 0.225 e. The maximum absolute atomic E-state index is 11.8. The van der Waals surface area contributed by atoms with Gasteiger partial charge in [0.25, 0.3) is 0 Å². The van der Waals surface area contributed by atoms with Gasteiger partial charge < -0.3 is 0 Å². The molecule has 4 heteroatoms. The van der Waals surface area contributed by atoms with Crippen LogP contribution in [0.3, 0.4) is 0 Å². The molecule has 3 rings (SSSR count). The summed E-state index contributed by atoms with van der Waals surface area (Å²) in [6, 6.07) is 20.7. The maximum atomic E-state index is 11.8. The van der Waals surface area contributed by atoms with E-state index in [0.29, 0.717) is 0 Å². The fourth-order valence-corrected chi connectivity index (χ4v) is 3.72. The van der Waals surface area contributed by atoms with E-state index in [-0.39, 0.29) is 11.9 Å². The number of carbonyl (C=O) groups excluding carboxylic acids is 1. The number of nitrogens with zero attached hydrogens (tertiary/aromatic N) is 2. The molecular weight excluding hydrogens is 304 g/mol. The van der Waals surface area contributed by atoms with E-state index in [4.69, 9.17) is 4.99 Å². The molecule has 1 unspecified atom stereocenters. The third-order valence-electron chi connectivity index (χ3n) is 3.88. The standard InChI is InChI=1S/C19H20N2OS/c1-15(22)21-12-13-23-19(21)20-18(17-10-6-3-7-11-17)14-16-8-4-2-5-9-16/h2-11,18H,12-14H2,1H3. The average Bonchev–Trinajstić information content (AvgIpc) is 3.04. The van der Waals surface area contributed by atoms with E-state index in [1.165, 1.54) is 11.1 Å². The summed E-state index contributed by atoms with van der Waals surface area (Å²) in [5, 5.41) is 0.849. The summed E-state index contributed by atoms with van der Waals surface area (Å²) in [5.74, 6) is 0.992. The fraction of sp³-hybridized carbons (Fsp3) is 0.263. The van der Waals surface area contributed by atoms with Crippen LogP contribution in [-0.2, 0) is 11.2 Å². The van der Waals surface area contributed by atoms with Crippen LogP contribution in [0.15, 0.2) is 65.7 Å². The summed E-state index contributed by atoms with van der Waals surface area (Å²) >= 11 is 1.67. The Labute approximate surface area is 141 Å². The van der Waals surface area contributed by atoms with Crippen LogP contribution in [0.5, 0.6) is 0 Å². The van der Waals surface area contributed by atoms with Gasteiger partial charge in [0, 0.05) is 19.2 Å². The third kappa shape index (κ3) is 4.02. The van der Waals surface area contributed by atoms with Gasteiger partial charge in [0.05, 0.1) is 6.04 Å². The highest BCUT2D eigenvalue weighted by molar-refractivity contribution is 8.14. The predicted molar refractivity (Wildman–Crippen MR) is 96.6 cm³/mol. The van der Waals surface area contributed by atoms with Crippen molar-refractivity contribution < 1.29 is 4.79 Å². The number of amides is 1. The van der Waals surface area contributed by atoms with Crippen molar-refractivity contribution in [2.45, 2.75) is 19.4 Å². The van der Waals surface area contributed by atoms with Crippen LogP contribution in [0.25, 0.3) is 0 Å². The quantitative estimate of drug-likeness (QED) is 0.854. The summed E-state index contributed by atoms with van der Waals surface area (Å²) in [5.41, 5.74) is 2.43. The first-order chi connectivity index (χ1) is 11.2. The van der Waals surface area contributed by atoms with Crippen molar-refractivity contribution in [3.63, 3.8) is 0 Å². The number of hydrogen-bond donors (Lipinski definition) is 0. The van der Waals surface area contributed by atoms with Gasteiger partial charge in [-0.1, -0.05) is 72.4 Å². The van der Waals surface area contributed by atoms with E-state index in [2.05, 4.69) is 36.4 Å². The highest BCUT2D eigenvalue weighted by atomic mass is 32.2. The lowest BCUT2D eigenvalue weighted by Gasteiger charge is -2.18. The van der Waals surface area contributed by atoms with E-state index in [1.54, 1.807) is 23.6 Å². The van der Waals surface area contributed by atoms with Gasteiger partial charge in [0.2, 0.25) is 5.91 Å². The molecule has 2 aromatic carbocycles. The Morgan fingerprint density at radius 1 is 1.13 bits per heavy atom. The van der Waals surface area contributed by atoms with Crippen molar-refractivity contribution >= 4 is 22.8 Å². The molecular formula is C19H20N2OS. The average molecular weight is 324 g/mol. The smallest absolute Gasteiger partial charge is 0.225 e. The van der Waals surface area contributed by atoms with Gasteiger partial charge in [-0.3, -0.25) is 14.7 Å². The molecule has 118 valence electrons. The Morgan fingerprint density at radius 2 is 1.78 bits per heavy atom. The molecule has 3 nitrogen and oxygen atoms in total. The van der Waals surface area contributed by atoms with E-state index < -0.39 is 0 Å². The van der Waals surface area contributed by atoms with E-state index >= 15 is 0 Å². The van der Waals surface area contributed by atoms with E-state index in [1.807, 2.05) is 24.3 Å². The molecule has 1 saturated heterocycles. The second-order valence-electron chi connectivity index (χ2n) is 5.55. The molecule has 1 fully saturated rings. The number of benzene rings is 2. The van der Waals surface area contributed by atoms with Crippen LogP contribution < -0.4 is 0 Å². The molecule has 0 spiro atoms. The Morgan fingerprint density at radius 3 is 2.43 bits per heavy atom. The predicted octanol–water partition coefficient (Wildman–Crippen LogP) is 3.92. The van der Waals surface area contributed by atoms with Crippen molar-refractivity contribution in [2.75, 3.05) is 12.3 Å². The highest BCUT2D eigenvalue weighted by Gasteiger charge is 2.24. The summed E-state index contributed by atoms with van der Waals surface area (Å²) < 4.78 is 0. The number of aliphatic imine (C=N–C) groups is 1. The van der Waals surface area contributed by atoms with Crippen LogP contribution in [0.1, 0.15) is 24.1 Å². The van der Waals surface area contributed by atoms with Crippen LogP contribution >= 0.6 is 11.8 Å². The van der Waals surface area contributed by atoms with Crippen molar-refractivity contribution in [1.82, 2.24) is 4.90 Å². The van der Waals surface area contributed by atoms with Crippen molar-refractivity contribution in [2.24, 2.45) is 4.99 Å². The lowest BCUT2D eigenvalue weighted by molar-refractivity contribution is -0.124. The molecule has 1 aliphatic heterocycles. The van der Waals surface area contributed by atoms with Gasteiger partial charge in [-0.25, -0.2) is 0 Å². The molecule has 0 aliphatic carbocycles. The van der Waals surface area contributed by atoms with Crippen LogP contribution in [-0.4, -0.2) is 28.3 Å². The number of carbonyl (C=O) groups is 1. The van der Waals surface area contributed by atoms with Gasteiger partial charge in [-0.05, 0) is 17.5 Å². The largest absolute Gasteiger partial charge is 0.291 e. The van der Waals surface area contributed by atoms with Crippen LogP contribution in [0, 0.1) is 0 Å². The molecule has 1 aliphatic rings. The lowest BCUT2D eigenvalue weighted by atomic mass is 9.99.